The fourth-order valence-electron chi connectivity index (χ4n) is 1.61. The standard InChI is InChI=1S/C12H27NO/c1-4-7-8-9-10-12(13-5-2)11-14-6-3/h12-13H,4-11H2,1-3H3. The highest BCUT2D eigenvalue weighted by Gasteiger charge is 2.05. The van der Waals surface area contributed by atoms with Gasteiger partial charge in [-0.05, 0) is 19.9 Å². The SMILES string of the molecule is CCCCCCC(COCC)NCC. The van der Waals surface area contributed by atoms with Crippen molar-refractivity contribution in [2.24, 2.45) is 0 Å². The molecular formula is C12H27NO. The molecule has 0 aliphatic carbocycles. The van der Waals surface area contributed by atoms with Crippen molar-refractivity contribution in [2.75, 3.05) is 19.8 Å². The molecular weight excluding hydrogens is 174 g/mol. The van der Waals surface area contributed by atoms with Crippen molar-refractivity contribution >= 4 is 0 Å². The van der Waals surface area contributed by atoms with E-state index in [0.29, 0.717) is 6.04 Å². The lowest BCUT2D eigenvalue weighted by molar-refractivity contribution is 0.119. The van der Waals surface area contributed by atoms with Crippen molar-refractivity contribution in [2.45, 2.75) is 58.9 Å². The van der Waals surface area contributed by atoms with Gasteiger partial charge in [-0.2, -0.15) is 0 Å². The van der Waals surface area contributed by atoms with Crippen LogP contribution in [0, 0.1) is 0 Å². The first kappa shape index (κ1) is 13.9. The van der Waals surface area contributed by atoms with E-state index in [0.717, 1.165) is 19.8 Å². The first-order valence-corrected chi connectivity index (χ1v) is 6.16. The summed E-state index contributed by atoms with van der Waals surface area (Å²) in [7, 11) is 0. The molecule has 0 rings (SSSR count). The maximum absolute atomic E-state index is 5.44. The van der Waals surface area contributed by atoms with Gasteiger partial charge < -0.3 is 10.1 Å². The van der Waals surface area contributed by atoms with Crippen molar-refractivity contribution in [3.8, 4) is 0 Å². The Bertz CT molecular complexity index is 106. The average molecular weight is 201 g/mol. The van der Waals surface area contributed by atoms with Crippen LogP contribution in [0.3, 0.4) is 0 Å². The first-order chi connectivity index (χ1) is 6.85. The van der Waals surface area contributed by atoms with Gasteiger partial charge in [0.1, 0.15) is 0 Å². The van der Waals surface area contributed by atoms with E-state index < -0.39 is 0 Å². The molecule has 0 aliphatic rings. The van der Waals surface area contributed by atoms with Gasteiger partial charge >= 0.3 is 0 Å². The van der Waals surface area contributed by atoms with E-state index in [2.05, 4.69) is 26.1 Å². The summed E-state index contributed by atoms with van der Waals surface area (Å²) in [5, 5.41) is 3.47. The second-order valence-corrected chi connectivity index (χ2v) is 3.76. The van der Waals surface area contributed by atoms with Gasteiger partial charge in [-0.25, -0.2) is 0 Å². The van der Waals surface area contributed by atoms with Crippen molar-refractivity contribution in [3.05, 3.63) is 0 Å². The van der Waals surface area contributed by atoms with Crippen molar-refractivity contribution in [3.63, 3.8) is 0 Å². The normalized spacial score (nSPS) is 13.1. The molecule has 0 radical (unpaired) electrons. The molecule has 0 amide bonds. The number of likely N-dealkylation sites (N-methyl/N-ethyl adjacent to an activating group) is 1. The Labute approximate surface area is 89.4 Å². The summed E-state index contributed by atoms with van der Waals surface area (Å²) in [5.74, 6) is 0. The van der Waals surface area contributed by atoms with Crippen LogP contribution in [0.25, 0.3) is 0 Å². The molecule has 0 spiro atoms. The first-order valence-electron chi connectivity index (χ1n) is 6.16. The zero-order valence-electron chi connectivity index (χ0n) is 10.1. The fourth-order valence-corrected chi connectivity index (χ4v) is 1.61. The molecule has 0 aliphatic heterocycles. The Hall–Kier alpha value is -0.0800. The number of hydrogen-bond donors (Lipinski definition) is 1. The highest BCUT2D eigenvalue weighted by atomic mass is 16.5. The molecule has 0 saturated heterocycles. The molecule has 0 fully saturated rings. The fraction of sp³-hybridized carbons (Fsp3) is 1.00. The lowest BCUT2D eigenvalue weighted by atomic mass is 10.1. The average Bonchev–Trinajstić information content (AvgIpc) is 2.20. The number of rotatable bonds is 10. The summed E-state index contributed by atoms with van der Waals surface area (Å²) < 4.78 is 5.44. The third kappa shape index (κ3) is 8.52. The molecule has 1 atom stereocenters. The van der Waals surface area contributed by atoms with Crippen LogP contribution in [0.1, 0.15) is 52.9 Å². The van der Waals surface area contributed by atoms with Gasteiger partial charge in [0, 0.05) is 12.6 Å². The maximum atomic E-state index is 5.44. The van der Waals surface area contributed by atoms with E-state index in [4.69, 9.17) is 4.74 Å². The minimum atomic E-state index is 0.566. The topological polar surface area (TPSA) is 21.3 Å². The van der Waals surface area contributed by atoms with E-state index in [9.17, 15) is 0 Å². The highest BCUT2D eigenvalue weighted by molar-refractivity contribution is 4.65. The molecule has 2 heteroatoms. The zero-order chi connectivity index (χ0) is 10.6. The van der Waals surface area contributed by atoms with Crippen LogP contribution in [-0.4, -0.2) is 25.8 Å². The Kier molecular flexibility index (Phi) is 10.9. The summed E-state index contributed by atoms with van der Waals surface area (Å²) in [4.78, 5) is 0. The summed E-state index contributed by atoms with van der Waals surface area (Å²) in [6.45, 7) is 9.21. The van der Waals surface area contributed by atoms with Gasteiger partial charge in [-0.3, -0.25) is 0 Å². The minimum Gasteiger partial charge on any atom is -0.380 e. The monoisotopic (exact) mass is 201 g/mol. The van der Waals surface area contributed by atoms with E-state index in [1.54, 1.807) is 0 Å². The zero-order valence-corrected chi connectivity index (χ0v) is 10.1. The Balaban J connectivity index is 3.40. The van der Waals surface area contributed by atoms with Crippen LogP contribution in [-0.2, 0) is 4.74 Å². The Morgan fingerprint density at radius 1 is 1.07 bits per heavy atom. The summed E-state index contributed by atoms with van der Waals surface area (Å²) in [6.07, 6.45) is 6.64. The van der Waals surface area contributed by atoms with Gasteiger partial charge in [0.15, 0.2) is 0 Å². The molecule has 14 heavy (non-hydrogen) atoms. The molecule has 0 aromatic heterocycles. The number of nitrogens with one attached hydrogen (secondary N) is 1. The summed E-state index contributed by atoms with van der Waals surface area (Å²) in [6, 6.07) is 0.566. The lowest BCUT2D eigenvalue weighted by Crippen LogP contribution is -2.33. The maximum Gasteiger partial charge on any atom is 0.0619 e. The Morgan fingerprint density at radius 2 is 1.86 bits per heavy atom. The molecule has 86 valence electrons. The van der Waals surface area contributed by atoms with Gasteiger partial charge in [-0.1, -0.05) is 39.5 Å². The van der Waals surface area contributed by atoms with Crippen LogP contribution >= 0.6 is 0 Å². The van der Waals surface area contributed by atoms with Crippen LogP contribution in [0.2, 0.25) is 0 Å². The van der Waals surface area contributed by atoms with Crippen LogP contribution in [0.4, 0.5) is 0 Å². The minimum absolute atomic E-state index is 0.566. The van der Waals surface area contributed by atoms with Crippen LogP contribution < -0.4 is 5.32 Å². The van der Waals surface area contributed by atoms with E-state index >= 15 is 0 Å². The van der Waals surface area contributed by atoms with E-state index in [-0.39, 0.29) is 0 Å². The third-order valence-electron chi connectivity index (χ3n) is 2.42. The highest BCUT2D eigenvalue weighted by Crippen LogP contribution is 2.05. The lowest BCUT2D eigenvalue weighted by Gasteiger charge is -2.17. The smallest absolute Gasteiger partial charge is 0.0619 e. The molecule has 0 aromatic carbocycles. The van der Waals surface area contributed by atoms with Gasteiger partial charge in [0.05, 0.1) is 6.61 Å². The molecule has 2 nitrogen and oxygen atoms in total. The van der Waals surface area contributed by atoms with E-state index in [1.165, 1.54) is 32.1 Å². The molecule has 1 N–H and O–H groups in total. The predicted octanol–water partition coefficient (Wildman–Crippen LogP) is 2.97. The second-order valence-electron chi connectivity index (χ2n) is 3.76. The Morgan fingerprint density at radius 3 is 2.43 bits per heavy atom. The van der Waals surface area contributed by atoms with Crippen LogP contribution in [0.5, 0.6) is 0 Å². The molecule has 0 aromatic rings. The molecule has 1 unspecified atom stereocenters. The summed E-state index contributed by atoms with van der Waals surface area (Å²) >= 11 is 0. The van der Waals surface area contributed by atoms with Crippen molar-refractivity contribution < 1.29 is 4.74 Å². The van der Waals surface area contributed by atoms with Gasteiger partial charge in [0.2, 0.25) is 0 Å². The van der Waals surface area contributed by atoms with Gasteiger partial charge in [-0.15, -0.1) is 0 Å². The number of ether oxygens (including phenoxy) is 1. The number of unbranched alkanes of at least 4 members (excludes halogenated alkanes) is 3. The summed E-state index contributed by atoms with van der Waals surface area (Å²) in [5.41, 5.74) is 0. The van der Waals surface area contributed by atoms with Crippen molar-refractivity contribution in [1.82, 2.24) is 5.32 Å². The molecule has 0 bridgehead atoms. The van der Waals surface area contributed by atoms with Gasteiger partial charge in [0.25, 0.3) is 0 Å². The predicted molar refractivity (Wildman–Crippen MR) is 62.7 cm³/mol. The van der Waals surface area contributed by atoms with Crippen LogP contribution in [0.15, 0.2) is 0 Å². The molecule has 0 heterocycles. The quantitative estimate of drug-likeness (QED) is 0.549. The number of hydrogen-bond acceptors (Lipinski definition) is 2. The largest absolute Gasteiger partial charge is 0.380 e. The third-order valence-corrected chi connectivity index (χ3v) is 2.42. The van der Waals surface area contributed by atoms with Crippen molar-refractivity contribution in [1.29, 1.82) is 0 Å². The van der Waals surface area contributed by atoms with E-state index in [1.807, 2.05) is 0 Å². The second kappa shape index (κ2) is 11.0. The molecule has 0 saturated carbocycles.